The minimum atomic E-state index is 0.388. The number of methoxy groups -OCH3 is 1. The van der Waals surface area contributed by atoms with E-state index < -0.39 is 0 Å². The van der Waals surface area contributed by atoms with Crippen LogP contribution in [-0.2, 0) is 4.74 Å². The molecule has 1 aliphatic rings. The van der Waals surface area contributed by atoms with Crippen molar-refractivity contribution in [1.82, 2.24) is 5.32 Å². The zero-order valence-corrected chi connectivity index (χ0v) is 6.78. The third kappa shape index (κ3) is 1.82. The van der Waals surface area contributed by atoms with Crippen molar-refractivity contribution < 1.29 is 4.74 Å². The molecule has 0 heterocycles. The van der Waals surface area contributed by atoms with E-state index in [9.17, 15) is 0 Å². The molecule has 0 aromatic carbocycles. The Bertz CT molecular complexity index is 134. The fourth-order valence-electron chi connectivity index (χ4n) is 1.08. The normalized spacial score (nSPS) is 30.9. The van der Waals surface area contributed by atoms with Crippen molar-refractivity contribution in [1.29, 1.82) is 0 Å². The predicted octanol–water partition coefficient (Wildman–Crippen LogP) is -0.00300. The van der Waals surface area contributed by atoms with Crippen LogP contribution in [0.3, 0.4) is 0 Å². The lowest BCUT2D eigenvalue weighted by Crippen LogP contribution is -2.49. The summed E-state index contributed by atoms with van der Waals surface area (Å²) in [4.78, 5) is 0. The number of thiocarbonyl (C=S) groups is 1. The second kappa shape index (κ2) is 3.16. The van der Waals surface area contributed by atoms with Gasteiger partial charge in [-0.2, -0.15) is 0 Å². The molecule has 0 radical (unpaired) electrons. The van der Waals surface area contributed by atoms with Gasteiger partial charge in [0.1, 0.15) is 0 Å². The molecule has 0 unspecified atom stereocenters. The van der Waals surface area contributed by atoms with Gasteiger partial charge in [0, 0.05) is 13.2 Å². The molecule has 0 aromatic heterocycles. The van der Waals surface area contributed by atoms with Crippen LogP contribution in [0.5, 0.6) is 0 Å². The molecular formula is C6H12N2OS. The van der Waals surface area contributed by atoms with Gasteiger partial charge in [-0.1, -0.05) is 0 Å². The Kier molecular flexibility index (Phi) is 2.45. The quantitative estimate of drug-likeness (QED) is 0.558. The van der Waals surface area contributed by atoms with Crippen molar-refractivity contribution in [3.05, 3.63) is 0 Å². The van der Waals surface area contributed by atoms with Crippen molar-refractivity contribution in [2.45, 2.75) is 25.0 Å². The molecule has 0 spiro atoms. The smallest absolute Gasteiger partial charge is 0.163 e. The number of nitrogens with one attached hydrogen (secondary N) is 1. The third-order valence-electron chi connectivity index (χ3n) is 1.77. The highest BCUT2D eigenvalue weighted by Gasteiger charge is 2.28. The molecule has 0 aromatic rings. The Morgan fingerprint density at radius 2 is 2.30 bits per heavy atom. The van der Waals surface area contributed by atoms with Crippen LogP contribution < -0.4 is 11.1 Å². The molecule has 1 saturated carbocycles. The Labute approximate surface area is 65.9 Å². The van der Waals surface area contributed by atoms with Gasteiger partial charge in [-0.15, -0.1) is 0 Å². The van der Waals surface area contributed by atoms with Crippen LogP contribution in [0.25, 0.3) is 0 Å². The lowest BCUT2D eigenvalue weighted by Gasteiger charge is -2.34. The van der Waals surface area contributed by atoms with E-state index >= 15 is 0 Å². The Morgan fingerprint density at radius 1 is 1.70 bits per heavy atom. The van der Waals surface area contributed by atoms with E-state index in [4.69, 9.17) is 10.5 Å². The SMILES string of the molecule is CO[C@H]1C[C@@H](NC(N)=S)C1. The van der Waals surface area contributed by atoms with Gasteiger partial charge >= 0.3 is 0 Å². The molecule has 0 amide bonds. The zero-order chi connectivity index (χ0) is 7.56. The minimum absolute atomic E-state index is 0.388. The van der Waals surface area contributed by atoms with Gasteiger partial charge in [0.25, 0.3) is 0 Å². The van der Waals surface area contributed by atoms with Crippen LogP contribution in [0.4, 0.5) is 0 Å². The number of ether oxygens (including phenoxy) is 1. The van der Waals surface area contributed by atoms with E-state index in [1.54, 1.807) is 7.11 Å². The van der Waals surface area contributed by atoms with E-state index in [1.165, 1.54) is 0 Å². The number of nitrogens with two attached hydrogens (primary N) is 1. The lowest BCUT2D eigenvalue weighted by molar-refractivity contribution is 0.0227. The summed E-state index contributed by atoms with van der Waals surface area (Å²) in [7, 11) is 1.72. The number of rotatable bonds is 2. The van der Waals surface area contributed by atoms with E-state index in [0.717, 1.165) is 12.8 Å². The van der Waals surface area contributed by atoms with E-state index in [-0.39, 0.29) is 0 Å². The first-order valence-corrected chi connectivity index (χ1v) is 3.72. The molecule has 1 fully saturated rings. The molecule has 0 atom stereocenters. The molecule has 0 aliphatic heterocycles. The predicted molar refractivity (Wildman–Crippen MR) is 43.7 cm³/mol. The van der Waals surface area contributed by atoms with E-state index in [2.05, 4.69) is 17.5 Å². The van der Waals surface area contributed by atoms with Gasteiger partial charge in [0.15, 0.2) is 5.11 Å². The third-order valence-corrected chi connectivity index (χ3v) is 1.89. The maximum Gasteiger partial charge on any atom is 0.163 e. The molecule has 3 N–H and O–H groups in total. The highest BCUT2D eigenvalue weighted by atomic mass is 32.1. The maximum absolute atomic E-state index is 5.27. The van der Waals surface area contributed by atoms with Crippen molar-refractivity contribution in [3.63, 3.8) is 0 Å². The molecule has 3 nitrogen and oxygen atoms in total. The summed E-state index contributed by atoms with van der Waals surface area (Å²) >= 11 is 4.67. The first-order chi connectivity index (χ1) is 4.72. The molecule has 0 bridgehead atoms. The fourth-order valence-corrected chi connectivity index (χ4v) is 1.24. The largest absolute Gasteiger partial charge is 0.381 e. The van der Waals surface area contributed by atoms with Gasteiger partial charge in [0.05, 0.1) is 6.10 Å². The van der Waals surface area contributed by atoms with Gasteiger partial charge in [-0.3, -0.25) is 0 Å². The summed E-state index contributed by atoms with van der Waals surface area (Å²) in [5.74, 6) is 0. The standard InChI is InChI=1S/C6H12N2OS/c1-9-5-2-4(3-5)8-6(7)10/h4-5H,2-3H2,1H3,(H3,7,8,10)/t4-,5+. The van der Waals surface area contributed by atoms with Crippen molar-refractivity contribution in [2.24, 2.45) is 5.73 Å². The van der Waals surface area contributed by atoms with Crippen molar-refractivity contribution >= 4 is 17.3 Å². The van der Waals surface area contributed by atoms with Crippen molar-refractivity contribution in [2.75, 3.05) is 7.11 Å². The maximum atomic E-state index is 5.27. The molecule has 4 heteroatoms. The molecule has 0 saturated heterocycles. The zero-order valence-electron chi connectivity index (χ0n) is 5.96. The second-order valence-electron chi connectivity index (χ2n) is 2.53. The summed E-state index contributed by atoms with van der Waals surface area (Å²) in [5.41, 5.74) is 5.27. The summed E-state index contributed by atoms with van der Waals surface area (Å²) in [6.07, 6.45) is 2.45. The van der Waals surface area contributed by atoms with Crippen LogP contribution in [0.1, 0.15) is 12.8 Å². The highest BCUT2D eigenvalue weighted by molar-refractivity contribution is 7.80. The summed E-state index contributed by atoms with van der Waals surface area (Å²) < 4.78 is 5.07. The Balaban J connectivity index is 2.08. The highest BCUT2D eigenvalue weighted by Crippen LogP contribution is 2.21. The van der Waals surface area contributed by atoms with Crippen LogP contribution in [-0.4, -0.2) is 24.4 Å². The van der Waals surface area contributed by atoms with Crippen LogP contribution in [0.15, 0.2) is 0 Å². The van der Waals surface area contributed by atoms with Crippen molar-refractivity contribution in [3.8, 4) is 0 Å². The molecule has 1 rings (SSSR count). The number of hydrogen-bond donors (Lipinski definition) is 2. The van der Waals surface area contributed by atoms with Gasteiger partial charge in [-0.05, 0) is 25.1 Å². The second-order valence-corrected chi connectivity index (χ2v) is 2.97. The van der Waals surface area contributed by atoms with Gasteiger partial charge < -0.3 is 15.8 Å². The summed E-state index contributed by atoms with van der Waals surface area (Å²) in [6, 6.07) is 0.447. The average molecular weight is 160 g/mol. The molecule has 1 aliphatic carbocycles. The molecule has 10 heavy (non-hydrogen) atoms. The minimum Gasteiger partial charge on any atom is -0.381 e. The summed E-state index contributed by atoms with van der Waals surface area (Å²) in [5, 5.41) is 3.36. The Morgan fingerprint density at radius 3 is 2.70 bits per heavy atom. The first kappa shape index (κ1) is 7.75. The molecule has 58 valence electrons. The van der Waals surface area contributed by atoms with Crippen LogP contribution >= 0.6 is 12.2 Å². The van der Waals surface area contributed by atoms with E-state index in [1.807, 2.05) is 0 Å². The van der Waals surface area contributed by atoms with Crippen LogP contribution in [0.2, 0.25) is 0 Å². The fraction of sp³-hybridized carbons (Fsp3) is 0.833. The van der Waals surface area contributed by atoms with Crippen LogP contribution in [0, 0.1) is 0 Å². The lowest BCUT2D eigenvalue weighted by atomic mass is 9.89. The molecular weight excluding hydrogens is 148 g/mol. The number of hydrogen-bond acceptors (Lipinski definition) is 2. The topological polar surface area (TPSA) is 47.3 Å². The Hall–Kier alpha value is -0.350. The van der Waals surface area contributed by atoms with Gasteiger partial charge in [-0.25, -0.2) is 0 Å². The van der Waals surface area contributed by atoms with E-state index in [0.29, 0.717) is 17.3 Å². The van der Waals surface area contributed by atoms with Gasteiger partial charge in [0.2, 0.25) is 0 Å². The monoisotopic (exact) mass is 160 g/mol. The summed E-state index contributed by atoms with van der Waals surface area (Å²) in [6.45, 7) is 0. The average Bonchev–Trinajstić information content (AvgIpc) is 1.76. The first-order valence-electron chi connectivity index (χ1n) is 3.31.